The maximum absolute atomic E-state index is 12.6. The van der Waals surface area contributed by atoms with E-state index in [0.717, 1.165) is 10.0 Å². The van der Waals surface area contributed by atoms with Crippen LogP contribution in [0, 0.1) is 24.0 Å². The molecule has 0 saturated heterocycles. The second-order valence-electron chi connectivity index (χ2n) is 5.63. The van der Waals surface area contributed by atoms with Gasteiger partial charge in [0.2, 0.25) is 0 Å². The molecule has 9 heteroatoms. The summed E-state index contributed by atoms with van der Waals surface area (Å²) < 4.78 is 2.18. The lowest BCUT2D eigenvalue weighted by Gasteiger charge is -2.00. The average Bonchev–Trinajstić information content (AvgIpc) is 2.90. The van der Waals surface area contributed by atoms with E-state index in [0.29, 0.717) is 17.1 Å². The zero-order valence-corrected chi connectivity index (χ0v) is 15.5. The van der Waals surface area contributed by atoms with Crippen molar-refractivity contribution in [3.63, 3.8) is 0 Å². The number of nitro groups is 1. The molecule has 1 heterocycles. The Morgan fingerprint density at radius 2 is 1.81 bits per heavy atom. The van der Waals surface area contributed by atoms with Gasteiger partial charge in [0.25, 0.3) is 11.2 Å². The molecule has 0 unspecified atom stereocenters. The third-order valence-corrected chi connectivity index (χ3v) is 4.63. The van der Waals surface area contributed by atoms with Crippen molar-refractivity contribution < 1.29 is 4.92 Å². The van der Waals surface area contributed by atoms with Gasteiger partial charge in [-0.05, 0) is 43.7 Å². The SMILES string of the molecule is Cc1ccc(N=Nc2c(C)[nH]n(-c3ccc([N+](=O)[O-])cc3)c2=O)cc1Br. The van der Waals surface area contributed by atoms with Gasteiger partial charge in [-0.1, -0.05) is 22.0 Å². The molecule has 0 aliphatic rings. The van der Waals surface area contributed by atoms with Gasteiger partial charge in [0.05, 0.1) is 22.0 Å². The van der Waals surface area contributed by atoms with Crippen molar-refractivity contribution in [2.24, 2.45) is 10.2 Å². The topological polar surface area (TPSA) is 106 Å². The summed E-state index contributed by atoms with van der Waals surface area (Å²) >= 11 is 3.43. The van der Waals surface area contributed by atoms with Crippen molar-refractivity contribution in [2.45, 2.75) is 13.8 Å². The highest BCUT2D eigenvalue weighted by atomic mass is 79.9. The Bertz CT molecular complexity index is 1070. The maximum Gasteiger partial charge on any atom is 0.299 e. The zero-order chi connectivity index (χ0) is 18.8. The Hall–Kier alpha value is -3.07. The van der Waals surface area contributed by atoms with E-state index in [1.54, 1.807) is 13.0 Å². The van der Waals surface area contributed by atoms with Gasteiger partial charge in [-0.25, -0.2) is 4.68 Å². The molecular formula is C17H14BrN5O3. The number of H-pyrrole nitrogens is 1. The summed E-state index contributed by atoms with van der Waals surface area (Å²) in [4.78, 5) is 22.8. The highest BCUT2D eigenvalue weighted by molar-refractivity contribution is 9.10. The molecule has 26 heavy (non-hydrogen) atoms. The molecule has 0 atom stereocenters. The summed E-state index contributed by atoms with van der Waals surface area (Å²) in [5, 5.41) is 21.8. The Balaban J connectivity index is 1.95. The quantitative estimate of drug-likeness (QED) is 0.373. The van der Waals surface area contributed by atoms with Gasteiger partial charge in [-0.15, -0.1) is 5.11 Å². The van der Waals surface area contributed by atoms with Crippen LogP contribution in [0.3, 0.4) is 0 Å². The molecule has 2 aromatic carbocycles. The number of non-ortho nitro benzene ring substituents is 1. The minimum atomic E-state index is -0.494. The molecular weight excluding hydrogens is 402 g/mol. The number of hydrogen-bond acceptors (Lipinski definition) is 5. The summed E-state index contributed by atoms with van der Waals surface area (Å²) in [6.45, 7) is 3.67. The van der Waals surface area contributed by atoms with Crippen molar-refractivity contribution >= 4 is 33.0 Å². The van der Waals surface area contributed by atoms with Gasteiger partial charge in [0.15, 0.2) is 5.69 Å². The van der Waals surface area contributed by atoms with Crippen LogP contribution in [0.2, 0.25) is 0 Å². The van der Waals surface area contributed by atoms with E-state index in [-0.39, 0.29) is 16.9 Å². The Labute approximate surface area is 156 Å². The van der Waals surface area contributed by atoms with Crippen molar-refractivity contribution in [1.82, 2.24) is 9.78 Å². The number of rotatable bonds is 4. The fraction of sp³-hybridized carbons (Fsp3) is 0.118. The summed E-state index contributed by atoms with van der Waals surface area (Å²) in [6.07, 6.45) is 0. The number of aromatic amines is 1. The Morgan fingerprint density at radius 1 is 1.12 bits per heavy atom. The molecule has 0 bridgehead atoms. The molecule has 3 rings (SSSR count). The first-order chi connectivity index (χ1) is 12.4. The molecule has 8 nitrogen and oxygen atoms in total. The second-order valence-corrected chi connectivity index (χ2v) is 6.49. The molecule has 0 radical (unpaired) electrons. The molecule has 0 amide bonds. The van der Waals surface area contributed by atoms with Gasteiger partial charge in [-0.3, -0.25) is 20.0 Å². The number of nitro benzene ring substituents is 1. The number of aromatic nitrogens is 2. The fourth-order valence-electron chi connectivity index (χ4n) is 2.31. The highest BCUT2D eigenvalue weighted by Gasteiger charge is 2.13. The van der Waals surface area contributed by atoms with Crippen molar-refractivity contribution in [3.8, 4) is 5.69 Å². The first-order valence-electron chi connectivity index (χ1n) is 7.61. The van der Waals surface area contributed by atoms with Crippen LogP contribution in [0.5, 0.6) is 0 Å². The molecule has 132 valence electrons. The minimum absolute atomic E-state index is 0.0464. The molecule has 0 spiro atoms. The van der Waals surface area contributed by atoms with Gasteiger partial charge < -0.3 is 0 Å². The van der Waals surface area contributed by atoms with Crippen LogP contribution in [0.4, 0.5) is 17.1 Å². The Kier molecular flexibility index (Phi) is 4.81. The Morgan fingerprint density at radius 3 is 2.42 bits per heavy atom. The molecule has 1 aromatic heterocycles. The van der Waals surface area contributed by atoms with E-state index in [4.69, 9.17) is 0 Å². The van der Waals surface area contributed by atoms with Crippen LogP contribution in [0.25, 0.3) is 5.69 Å². The number of nitrogens with one attached hydrogen (secondary N) is 1. The van der Waals surface area contributed by atoms with Crippen LogP contribution < -0.4 is 5.56 Å². The van der Waals surface area contributed by atoms with Crippen LogP contribution in [-0.2, 0) is 0 Å². The van der Waals surface area contributed by atoms with E-state index in [1.165, 1.54) is 28.9 Å². The summed E-state index contributed by atoms with van der Waals surface area (Å²) in [5.74, 6) is 0. The van der Waals surface area contributed by atoms with Crippen molar-refractivity contribution in [3.05, 3.63) is 78.7 Å². The van der Waals surface area contributed by atoms with E-state index in [2.05, 4.69) is 31.3 Å². The average molecular weight is 416 g/mol. The van der Waals surface area contributed by atoms with Gasteiger partial charge in [0, 0.05) is 16.6 Å². The maximum atomic E-state index is 12.6. The predicted octanol–water partition coefficient (Wildman–Crippen LogP) is 4.87. The molecule has 0 aliphatic carbocycles. The van der Waals surface area contributed by atoms with Crippen LogP contribution in [-0.4, -0.2) is 14.7 Å². The monoisotopic (exact) mass is 415 g/mol. The molecule has 3 aromatic rings. The van der Waals surface area contributed by atoms with Crippen molar-refractivity contribution in [2.75, 3.05) is 0 Å². The lowest BCUT2D eigenvalue weighted by Crippen LogP contribution is -2.13. The zero-order valence-electron chi connectivity index (χ0n) is 13.9. The number of hydrogen-bond donors (Lipinski definition) is 1. The fourth-order valence-corrected chi connectivity index (χ4v) is 2.68. The standard InChI is InChI=1S/C17H14BrN5O3/c1-10-3-4-12(9-15(10)18)19-20-16-11(2)21-22(17(16)24)13-5-7-14(8-6-13)23(25)26/h3-9,21H,1-2H3. The lowest BCUT2D eigenvalue weighted by atomic mass is 10.2. The molecule has 0 fully saturated rings. The number of halogens is 1. The third-order valence-electron chi connectivity index (χ3n) is 3.78. The van der Waals surface area contributed by atoms with Crippen LogP contribution >= 0.6 is 15.9 Å². The molecule has 0 aliphatic heterocycles. The largest absolute Gasteiger partial charge is 0.299 e. The van der Waals surface area contributed by atoms with Crippen LogP contribution in [0.1, 0.15) is 11.3 Å². The summed E-state index contributed by atoms with van der Waals surface area (Å²) in [7, 11) is 0. The summed E-state index contributed by atoms with van der Waals surface area (Å²) in [5.41, 5.74) is 2.46. The number of benzene rings is 2. The lowest BCUT2D eigenvalue weighted by molar-refractivity contribution is -0.384. The minimum Gasteiger partial charge on any atom is -0.293 e. The van der Waals surface area contributed by atoms with Gasteiger partial charge in [0.1, 0.15) is 0 Å². The first kappa shape index (κ1) is 17.7. The van der Waals surface area contributed by atoms with E-state index in [1.807, 2.05) is 19.1 Å². The molecule has 1 N–H and O–H groups in total. The normalized spacial score (nSPS) is 11.2. The second kappa shape index (κ2) is 7.04. The highest BCUT2D eigenvalue weighted by Crippen LogP contribution is 2.25. The smallest absolute Gasteiger partial charge is 0.293 e. The third kappa shape index (κ3) is 3.47. The van der Waals surface area contributed by atoms with Crippen LogP contribution in [0.15, 0.2) is 62.0 Å². The van der Waals surface area contributed by atoms with E-state index in [9.17, 15) is 14.9 Å². The number of aryl methyl sites for hydroxylation is 2. The molecule has 0 saturated carbocycles. The predicted molar refractivity (Wildman–Crippen MR) is 101 cm³/mol. The van der Waals surface area contributed by atoms with Gasteiger partial charge >= 0.3 is 0 Å². The number of nitrogens with zero attached hydrogens (tertiary/aromatic N) is 4. The van der Waals surface area contributed by atoms with E-state index < -0.39 is 4.92 Å². The first-order valence-corrected chi connectivity index (χ1v) is 8.40. The van der Waals surface area contributed by atoms with E-state index >= 15 is 0 Å². The van der Waals surface area contributed by atoms with Gasteiger partial charge in [-0.2, -0.15) is 5.11 Å². The summed E-state index contributed by atoms with van der Waals surface area (Å²) in [6, 6.07) is 11.2. The number of azo groups is 1. The van der Waals surface area contributed by atoms with Crippen molar-refractivity contribution in [1.29, 1.82) is 0 Å².